The number of ether oxygens (including phenoxy) is 1. The molecule has 0 saturated carbocycles. The lowest BCUT2D eigenvalue weighted by atomic mass is 10.0. The van der Waals surface area contributed by atoms with Crippen molar-refractivity contribution in [2.24, 2.45) is 0 Å². The number of carboxylic acid groups (broad SMARTS) is 1. The number of aliphatic hydroxyl groups is 1. The van der Waals surface area contributed by atoms with Gasteiger partial charge < -0.3 is 14.9 Å². The van der Waals surface area contributed by atoms with Gasteiger partial charge in [-0.3, -0.25) is 0 Å². The van der Waals surface area contributed by atoms with E-state index in [1.807, 2.05) is 0 Å². The Morgan fingerprint density at radius 1 is 1.41 bits per heavy atom. The van der Waals surface area contributed by atoms with E-state index in [2.05, 4.69) is 4.74 Å². The second-order valence-corrected chi connectivity index (χ2v) is 3.21. The molecular formula is C10H9F3O4. The fourth-order valence-electron chi connectivity index (χ4n) is 1.34. The number of halogens is 3. The second kappa shape index (κ2) is 5.05. The topological polar surface area (TPSA) is 66.8 Å². The van der Waals surface area contributed by atoms with Crippen LogP contribution < -0.4 is 4.74 Å². The van der Waals surface area contributed by atoms with Crippen LogP contribution in [0.25, 0.3) is 0 Å². The number of carboxylic acids is 1. The molecule has 0 heterocycles. The maximum Gasteiger partial charge on any atom is 0.387 e. The molecule has 0 bridgehead atoms. The number of carbonyl (C=O) groups is 1. The molecule has 0 spiro atoms. The molecule has 0 aliphatic heterocycles. The fourth-order valence-corrected chi connectivity index (χ4v) is 1.34. The van der Waals surface area contributed by atoms with Gasteiger partial charge in [0.2, 0.25) is 0 Å². The third kappa shape index (κ3) is 2.88. The van der Waals surface area contributed by atoms with Gasteiger partial charge in [-0.05, 0) is 18.6 Å². The van der Waals surface area contributed by atoms with Crippen LogP contribution in [-0.2, 0) is 4.79 Å². The molecule has 0 radical (unpaired) electrons. The highest BCUT2D eigenvalue weighted by atomic mass is 19.3. The van der Waals surface area contributed by atoms with E-state index in [1.165, 1.54) is 6.92 Å². The van der Waals surface area contributed by atoms with Gasteiger partial charge in [0.25, 0.3) is 0 Å². The summed E-state index contributed by atoms with van der Waals surface area (Å²) in [5.74, 6) is -3.38. The molecule has 1 aromatic rings. The summed E-state index contributed by atoms with van der Waals surface area (Å²) in [7, 11) is 0. The summed E-state index contributed by atoms with van der Waals surface area (Å²) in [6, 6.07) is 1.76. The number of hydrogen-bond acceptors (Lipinski definition) is 3. The zero-order valence-electron chi connectivity index (χ0n) is 8.65. The van der Waals surface area contributed by atoms with Gasteiger partial charge in [-0.2, -0.15) is 8.78 Å². The van der Waals surface area contributed by atoms with Crippen LogP contribution in [0.3, 0.4) is 0 Å². The van der Waals surface area contributed by atoms with Crippen molar-refractivity contribution < 1.29 is 32.9 Å². The third-order valence-electron chi connectivity index (χ3n) is 2.14. The second-order valence-electron chi connectivity index (χ2n) is 3.21. The Labute approximate surface area is 94.3 Å². The van der Waals surface area contributed by atoms with Crippen LogP contribution in [-0.4, -0.2) is 22.8 Å². The number of benzene rings is 1. The van der Waals surface area contributed by atoms with Gasteiger partial charge >= 0.3 is 12.6 Å². The monoisotopic (exact) mass is 250 g/mol. The van der Waals surface area contributed by atoms with Crippen LogP contribution in [0.5, 0.6) is 5.75 Å². The first-order valence-corrected chi connectivity index (χ1v) is 4.49. The van der Waals surface area contributed by atoms with Crippen molar-refractivity contribution in [1.29, 1.82) is 0 Å². The number of rotatable bonds is 4. The van der Waals surface area contributed by atoms with Gasteiger partial charge in [0.15, 0.2) is 17.7 Å². The Morgan fingerprint density at radius 2 is 2.00 bits per heavy atom. The van der Waals surface area contributed by atoms with E-state index in [0.717, 1.165) is 12.1 Å². The van der Waals surface area contributed by atoms with Crippen molar-refractivity contribution in [3.8, 4) is 5.75 Å². The molecule has 0 saturated heterocycles. The van der Waals surface area contributed by atoms with Crippen molar-refractivity contribution in [1.82, 2.24) is 0 Å². The molecule has 0 fully saturated rings. The summed E-state index contributed by atoms with van der Waals surface area (Å²) in [5.41, 5.74) is -0.380. The summed E-state index contributed by atoms with van der Waals surface area (Å²) in [4.78, 5) is 10.5. The van der Waals surface area contributed by atoms with Gasteiger partial charge in [0.05, 0.1) is 0 Å². The third-order valence-corrected chi connectivity index (χ3v) is 2.14. The van der Waals surface area contributed by atoms with Gasteiger partial charge in [-0.25, -0.2) is 9.18 Å². The Hall–Kier alpha value is -1.76. The molecule has 1 rings (SSSR count). The molecule has 2 N–H and O–H groups in total. The van der Waals surface area contributed by atoms with Crippen LogP contribution in [0.2, 0.25) is 0 Å². The summed E-state index contributed by atoms with van der Waals surface area (Å²) >= 11 is 0. The summed E-state index contributed by atoms with van der Waals surface area (Å²) in [5, 5.41) is 17.8. The molecule has 0 aliphatic carbocycles. The molecule has 0 amide bonds. The molecule has 1 aromatic carbocycles. The lowest BCUT2D eigenvalue weighted by Crippen LogP contribution is -2.14. The Balaban J connectivity index is 3.23. The first kappa shape index (κ1) is 13.3. The summed E-state index contributed by atoms with van der Waals surface area (Å²) in [6.45, 7) is -2.05. The van der Waals surface area contributed by atoms with Crippen LogP contribution in [0.4, 0.5) is 13.2 Å². The number of aliphatic carboxylic acids is 1. The van der Waals surface area contributed by atoms with E-state index in [9.17, 15) is 23.1 Å². The molecule has 7 heteroatoms. The van der Waals surface area contributed by atoms with Gasteiger partial charge in [0.1, 0.15) is 0 Å². The van der Waals surface area contributed by atoms with Gasteiger partial charge in [0, 0.05) is 5.56 Å². The van der Waals surface area contributed by atoms with Crippen molar-refractivity contribution in [2.45, 2.75) is 19.6 Å². The normalized spacial score (nSPS) is 12.6. The molecule has 0 aliphatic rings. The molecule has 1 unspecified atom stereocenters. The summed E-state index contributed by atoms with van der Waals surface area (Å²) in [6.07, 6.45) is -1.92. The van der Waals surface area contributed by atoms with E-state index in [0.29, 0.717) is 0 Å². The van der Waals surface area contributed by atoms with Crippen LogP contribution >= 0.6 is 0 Å². The molecular weight excluding hydrogens is 241 g/mol. The van der Waals surface area contributed by atoms with Gasteiger partial charge in [-0.15, -0.1) is 0 Å². The average Bonchev–Trinajstić information content (AvgIpc) is 2.23. The maximum atomic E-state index is 13.2. The van der Waals surface area contributed by atoms with Crippen molar-refractivity contribution in [2.75, 3.05) is 0 Å². The molecule has 0 aromatic heterocycles. The minimum atomic E-state index is -3.24. The standard InChI is InChI=1S/C10H9F3O4/c1-4-5(7(14)9(15)16)2-3-6(11)8(4)17-10(12)13/h2-3,7,10,14H,1H3,(H,15,16). The first-order valence-electron chi connectivity index (χ1n) is 4.49. The first-order chi connectivity index (χ1) is 7.84. The van der Waals surface area contributed by atoms with Crippen LogP contribution in [0.1, 0.15) is 17.2 Å². The Kier molecular flexibility index (Phi) is 3.95. The van der Waals surface area contributed by atoms with Gasteiger partial charge in [-0.1, -0.05) is 6.07 Å². The van der Waals surface area contributed by atoms with E-state index in [-0.39, 0.29) is 11.1 Å². The van der Waals surface area contributed by atoms with E-state index < -0.39 is 30.3 Å². The minimum Gasteiger partial charge on any atom is -0.479 e. The molecule has 94 valence electrons. The predicted octanol–water partition coefficient (Wildman–Crippen LogP) is 1.85. The Bertz CT molecular complexity index is 434. The number of hydrogen-bond donors (Lipinski definition) is 2. The highest BCUT2D eigenvalue weighted by Gasteiger charge is 2.23. The molecule has 17 heavy (non-hydrogen) atoms. The highest BCUT2D eigenvalue weighted by molar-refractivity contribution is 5.75. The van der Waals surface area contributed by atoms with E-state index >= 15 is 0 Å². The average molecular weight is 250 g/mol. The minimum absolute atomic E-state index is 0.180. The predicted molar refractivity (Wildman–Crippen MR) is 50.4 cm³/mol. The van der Waals surface area contributed by atoms with Crippen molar-refractivity contribution in [3.05, 3.63) is 29.1 Å². The van der Waals surface area contributed by atoms with Crippen LogP contribution in [0.15, 0.2) is 12.1 Å². The fraction of sp³-hybridized carbons (Fsp3) is 0.300. The molecule has 1 atom stereocenters. The molecule has 4 nitrogen and oxygen atoms in total. The Morgan fingerprint density at radius 3 is 2.47 bits per heavy atom. The summed E-state index contributed by atoms with van der Waals surface area (Å²) < 4.78 is 41.1. The largest absolute Gasteiger partial charge is 0.479 e. The van der Waals surface area contributed by atoms with E-state index in [4.69, 9.17) is 5.11 Å². The van der Waals surface area contributed by atoms with Crippen molar-refractivity contribution in [3.63, 3.8) is 0 Å². The highest BCUT2D eigenvalue weighted by Crippen LogP contribution is 2.30. The zero-order valence-corrected chi connectivity index (χ0v) is 8.65. The lowest BCUT2D eigenvalue weighted by Gasteiger charge is -2.14. The SMILES string of the molecule is Cc1c(C(O)C(=O)O)ccc(F)c1OC(F)F. The van der Waals surface area contributed by atoms with Crippen LogP contribution in [0, 0.1) is 12.7 Å². The zero-order chi connectivity index (χ0) is 13.2. The maximum absolute atomic E-state index is 13.2. The smallest absolute Gasteiger partial charge is 0.387 e. The lowest BCUT2D eigenvalue weighted by molar-refractivity contribution is -0.147. The van der Waals surface area contributed by atoms with E-state index in [1.54, 1.807) is 0 Å². The quantitative estimate of drug-likeness (QED) is 0.855. The number of alkyl halides is 2. The number of aliphatic hydroxyl groups excluding tert-OH is 1. The van der Waals surface area contributed by atoms with Crippen molar-refractivity contribution >= 4 is 5.97 Å².